The Balaban J connectivity index is 1.26. The van der Waals surface area contributed by atoms with Crippen LogP contribution in [-0.4, -0.2) is 81.3 Å². The van der Waals surface area contributed by atoms with E-state index < -0.39 is 29.7 Å². The van der Waals surface area contributed by atoms with Crippen LogP contribution in [0.2, 0.25) is 0 Å². The van der Waals surface area contributed by atoms with E-state index in [1.54, 1.807) is 11.0 Å². The number of alkyl halides is 2. The lowest BCUT2D eigenvalue weighted by Crippen LogP contribution is -2.48. The summed E-state index contributed by atoms with van der Waals surface area (Å²) in [6, 6.07) is 8.81. The lowest BCUT2D eigenvalue weighted by atomic mass is 9.70. The summed E-state index contributed by atoms with van der Waals surface area (Å²) in [5, 5.41) is 22.5. The standard InChI is InChI=1S/C36H38F3N5O3/c1-2-20-5-3-6-21-13-24(45)14-25(30(20)21)32-31(39)33-26(16-40-32)34(44-12-10-28(46)27(38)18-44)42-35(41-33)47-19-36-15-23(37)17-43-11-4-7-22(36)8-9-29(36)43/h3,5-6,9,13-14,16,22-23,27-28,45-46H,2,4,7-8,10-12,15,17-19H2,1H3/t22?,23-,27?,28?,36+/m1/s1. The summed E-state index contributed by atoms with van der Waals surface area (Å²) >= 11 is 0. The van der Waals surface area contributed by atoms with Gasteiger partial charge in [-0.2, -0.15) is 9.97 Å². The maximum Gasteiger partial charge on any atom is 0.319 e. The van der Waals surface area contributed by atoms with Gasteiger partial charge in [0, 0.05) is 37.1 Å². The highest BCUT2D eigenvalue weighted by atomic mass is 19.1. The van der Waals surface area contributed by atoms with E-state index in [2.05, 4.69) is 25.9 Å². The molecule has 11 heteroatoms. The van der Waals surface area contributed by atoms with Crippen LogP contribution in [0.4, 0.5) is 19.0 Å². The van der Waals surface area contributed by atoms with E-state index in [1.807, 2.05) is 25.1 Å². The van der Waals surface area contributed by atoms with Gasteiger partial charge in [0.05, 0.1) is 23.4 Å². The van der Waals surface area contributed by atoms with Gasteiger partial charge in [-0.1, -0.05) is 31.2 Å². The topological polar surface area (TPSA) is 94.8 Å². The number of aliphatic hydroxyl groups is 1. The van der Waals surface area contributed by atoms with Gasteiger partial charge in [0.1, 0.15) is 41.7 Å². The number of ether oxygens (including phenoxy) is 1. The van der Waals surface area contributed by atoms with Crippen molar-refractivity contribution in [1.82, 2.24) is 19.9 Å². The van der Waals surface area contributed by atoms with Crippen LogP contribution in [-0.2, 0) is 6.42 Å². The summed E-state index contributed by atoms with van der Waals surface area (Å²) in [7, 11) is 0. The Hall–Kier alpha value is -4.12. The molecule has 2 N–H and O–H groups in total. The van der Waals surface area contributed by atoms with Crippen LogP contribution in [0.25, 0.3) is 32.9 Å². The zero-order chi connectivity index (χ0) is 32.4. The summed E-state index contributed by atoms with van der Waals surface area (Å²) in [5.74, 6) is -0.238. The third kappa shape index (κ3) is 4.96. The van der Waals surface area contributed by atoms with E-state index >= 15 is 8.78 Å². The maximum absolute atomic E-state index is 16.9. The fourth-order valence-corrected chi connectivity index (χ4v) is 8.55. The highest BCUT2D eigenvalue weighted by Crippen LogP contribution is 2.55. The number of hydrogen-bond acceptors (Lipinski definition) is 8. The van der Waals surface area contributed by atoms with Gasteiger partial charge in [-0.3, -0.25) is 4.98 Å². The molecule has 8 nitrogen and oxygen atoms in total. The van der Waals surface area contributed by atoms with Gasteiger partial charge in [-0.15, -0.1) is 0 Å². The molecule has 2 aromatic heterocycles. The molecule has 4 aliphatic rings. The number of allylic oxidation sites excluding steroid dienone is 1. The van der Waals surface area contributed by atoms with Crippen LogP contribution >= 0.6 is 0 Å². The molecule has 0 spiro atoms. The molecule has 3 fully saturated rings. The smallest absolute Gasteiger partial charge is 0.319 e. The van der Waals surface area contributed by atoms with Crippen molar-refractivity contribution in [3.63, 3.8) is 0 Å². The first-order chi connectivity index (χ1) is 22.8. The lowest BCUT2D eigenvalue weighted by molar-refractivity contribution is 0.0254. The van der Waals surface area contributed by atoms with E-state index in [9.17, 15) is 14.6 Å². The number of anilines is 1. The number of halogens is 3. The number of hydrogen-bond donors (Lipinski definition) is 2. The summed E-state index contributed by atoms with van der Waals surface area (Å²) in [5.41, 5.74) is 1.98. The van der Waals surface area contributed by atoms with Gasteiger partial charge in [0.25, 0.3) is 0 Å². The summed E-state index contributed by atoms with van der Waals surface area (Å²) in [4.78, 5) is 17.6. The molecule has 4 aromatic rings. The van der Waals surface area contributed by atoms with Crippen LogP contribution in [0.1, 0.15) is 44.6 Å². The third-order valence-corrected chi connectivity index (χ3v) is 10.8. The summed E-state index contributed by atoms with van der Waals surface area (Å²) in [6.07, 6.45) is 4.14. The van der Waals surface area contributed by atoms with Crippen LogP contribution in [0.15, 0.2) is 48.3 Å². The molecule has 3 unspecified atom stereocenters. The van der Waals surface area contributed by atoms with E-state index in [4.69, 9.17) is 4.74 Å². The Morgan fingerprint density at radius 1 is 1.09 bits per heavy atom. The molecule has 0 amide bonds. The Morgan fingerprint density at radius 3 is 2.79 bits per heavy atom. The minimum Gasteiger partial charge on any atom is -0.508 e. The molecule has 47 heavy (non-hydrogen) atoms. The third-order valence-electron chi connectivity index (χ3n) is 10.8. The number of phenolic OH excluding ortho intramolecular Hbond substituents is 1. The predicted molar refractivity (Wildman–Crippen MR) is 173 cm³/mol. The van der Waals surface area contributed by atoms with Crippen molar-refractivity contribution in [2.75, 3.05) is 37.7 Å². The molecule has 8 rings (SSSR count). The predicted octanol–water partition coefficient (Wildman–Crippen LogP) is 6.27. The molecule has 3 aliphatic heterocycles. The number of aryl methyl sites for hydroxylation is 1. The van der Waals surface area contributed by atoms with Crippen molar-refractivity contribution in [3.05, 3.63) is 59.7 Å². The molecule has 5 heterocycles. The van der Waals surface area contributed by atoms with Crippen LogP contribution in [0.5, 0.6) is 11.8 Å². The van der Waals surface area contributed by atoms with Crippen LogP contribution in [0, 0.1) is 17.2 Å². The number of aromatic hydroxyl groups is 1. The quantitative estimate of drug-likeness (QED) is 0.254. The Bertz CT molecular complexity index is 1910. The number of piperidine rings is 2. The van der Waals surface area contributed by atoms with Gasteiger partial charge in [-0.25, -0.2) is 13.2 Å². The number of aromatic nitrogens is 3. The van der Waals surface area contributed by atoms with E-state index in [1.165, 1.54) is 12.3 Å². The van der Waals surface area contributed by atoms with Crippen molar-refractivity contribution >= 4 is 27.5 Å². The largest absolute Gasteiger partial charge is 0.508 e. The minimum absolute atomic E-state index is 0.0149. The molecule has 246 valence electrons. The molecular formula is C36H38F3N5O3. The SMILES string of the molecule is CCc1cccc2cc(O)cc(-c3ncc4c(N5CCC(O)C(F)C5)nc(OC[C@@]56C[C@@H](F)CN7CCCC5CC=C76)nc4c3F)c12. The first-order valence-corrected chi connectivity index (χ1v) is 16.7. The lowest BCUT2D eigenvalue weighted by Gasteiger charge is -2.45. The summed E-state index contributed by atoms with van der Waals surface area (Å²) < 4.78 is 53.2. The minimum atomic E-state index is -1.51. The van der Waals surface area contributed by atoms with Crippen LogP contribution < -0.4 is 9.64 Å². The van der Waals surface area contributed by atoms with E-state index in [0.29, 0.717) is 31.5 Å². The average Bonchev–Trinajstić information content (AvgIpc) is 3.37. The van der Waals surface area contributed by atoms with Gasteiger partial charge in [0.15, 0.2) is 5.82 Å². The Kier molecular flexibility index (Phi) is 7.42. The molecular weight excluding hydrogens is 607 g/mol. The average molecular weight is 646 g/mol. The van der Waals surface area contributed by atoms with Gasteiger partial charge < -0.3 is 24.7 Å². The second kappa shape index (κ2) is 11.5. The molecule has 0 saturated carbocycles. The van der Waals surface area contributed by atoms with Crippen molar-refractivity contribution in [3.8, 4) is 23.0 Å². The highest BCUT2D eigenvalue weighted by Gasteiger charge is 2.53. The first-order valence-electron chi connectivity index (χ1n) is 16.7. The number of phenols is 1. The molecule has 0 radical (unpaired) electrons. The number of pyridine rings is 1. The monoisotopic (exact) mass is 645 g/mol. The molecule has 3 saturated heterocycles. The molecule has 2 aromatic carbocycles. The number of aliphatic hydroxyl groups excluding tert-OH is 1. The number of nitrogens with zero attached hydrogens (tertiary/aromatic N) is 5. The zero-order valence-electron chi connectivity index (χ0n) is 26.3. The van der Waals surface area contributed by atoms with Crippen molar-refractivity contribution in [2.45, 2.75) is 63.9 Å². The fourth-order valence-electron chi connectivity index (χ4n) is 8.55. The van der Waals surface area contributed by atoms with E-state index in [-0.39, 0.29) is 59.7 Å². The van der Waals surface area contributed by atoms with Crippen molar-refractivity contribution in [1.29, 1.82) is 0 Å². The van der Waals surface area contributed by atoms with Gasteiger partial charge >= 0.3 is 6.01 Å². The second-order valence-electron chi connectivity index (χ2n) is 13.5. The Labute approximate surface area is 270 Å². The van der Waals surface area contributed by atoms with Gasteiger partial charge in [0.2, 0.25) is 0 Å². The number of fused-ring (bicyclic) bond motifs is 2. The molecule has 5 atom stereocenters. The van der Waals surface area contributed by atoms with Gasteiger partial charge in [-0.05, 0) is 72.9 Å². The maximum atomic E-state index is 16.9. The number of benzene rings is 2. The fraction of sp³-hybridized carbons (Fsp3) is 0.472. The van der Waals surface area contributed by atoms with Crippen molar-refractivity contribution < 1.29 is 28.1 Å². The molecule has 1 aliphatic carbocycles. The summed E-state index contributed by atoms with van der Waals surface area (Å²) in [6.45, 7) is 3.52. The first kappa shape index (κ1) is 30.2. The van der Waals surface area contributed by atoms with Crippen LogP contribution in [0.3, 0.4) is 0 Å². The molecule has 4 bridgehead atoms. The number of rotatable bonds is 6. The van der Waals surface area contributed by atoms with Crippen molar-refractivity contribution in [2.24, 2.45) is 11.3 Å². The highest BCUT2D eigenvalue weighted by molar-refractivity contribution is 6.01. The van der Waals surface area contributed by atoms with E-state index in [0.717, 1.165) is 47.8 Å². The zero-order valence-corrected chi connectivity index (χ0v) is 26.3. The second-order valence-corrected chi connectivity index (χ2v) is 13.5. The normalized spacial score (nSPS) is 27.3. The Morgan fingerprint density at radius 2 is 1.96 bits per heavy atom.